The summed E-state index contributed by atoms with van der Waals surface area (Å²) in [6.07, 6.45) is -3.56. The van der Waals surface area contributed by atoms with Gasteiger partial charge in [0.1, 0.15) is 0 Å². The second kappa shape index (κ2) is 4.17. The Morgan fingerprint density at radius 1 is 1.44 bits per heavy atom. The predicted octanol–water partition coefficient (Wildman–Crippen LogP) is 1.52. The highest BCUT2D eigenvalue weighted by molar-refractivity contribution is 7.09. The molecule has 1 fully saturated rings. The number of anilines is 1. The molecule has 1 aliphatic heterocycles. The average Bonchev–Trinajstić information content (AvgIpc) is 2.65. The van der Waals surface area contributed by atoms with Crippen molar-refractivity contribution in [2.45, 2.75) is 25.1 Å². The van der Waals surface area contributed by atoms with Gasteiger partial charge < -0.3 is 10.0 Å². The summed E-state index contributed by atoms with van der Waals surface area (Å²) < 4.78 is 40.0. The summed E-state index contributed by atoms with van der Waals surface area (Å²) in [5, 5.41) is 9.63. The van der Waals surface area contributed by atoms with Crippen molar-refractivity contribution in [1.82, 2.24) is 9.36 Å². The van der Waals surface area contributed by atoms with Crippen LogP contribution in [0.25, 0.3) is 0 Å². The minimum absolute atomic E-state index is 0.228. The summed E-state index contributed by atoms with van der Waals surface area (Å²) >= 11 is 0.719. The Balaban J connectivity index is 2.12. The van der Waals surface area contributed by atoms with E-state index in [4.69, 9.17) is 0 Å². The van der Waals surface area contributed by atoms with Crippen molar-refractivity contribution in [2.75, 3.05) is 18.0 Å². The van der Waals surface area contributed by atoms with Gasteiger partial charge in [0.15, 0.2) is 0 Å². The number of aromatic nitrogens is 2. The molecular weight excluding hydrogens is 243 g/mol. The van der Waals surface area contributed by atoms with Crippen LogP contribution in [0.4, 0.5) is 18.3 Å². The summed E-state index contributed by atoms with van der Waals surface area (Å²) in [7, 11) is 0. The molecule has 0 saturated carbocycles. The lowest BCUT2D eigenvalue weighted by Gasteiger charge is -2.29. The fourth-order valence-corrected chi connectivity index (χ4v) is 2.31. The van der Waals surface area contributed by atoms with Gasteiger partial charge in [-0.3, -0.25) is 0 Å². The van der Waals surface area contributed by atoms with E-state index in [0.717, 1.165) is 18.0 Å². The standard InChI is InChI=1S/C8H10F3N3OS/c9-8(10,11)6-12-7(16-13-6)14-3-1-2-5(15)4-14/h5,15H,1-4H2. The first-order chi connectivity index (χ1) is 7.47. The number of alkyl halides is 3. The van der Waals surface area contributed by atoms with Gasteiger partial charge in [0.25, 0.3) is 0 Å². The SMILES string of the molecule is OC1CCCN(c2nc(C(F)(F)F)ns2)C1. The minimum atomic E-state index is -4.50. The van der Waals surface area contributed by atoms with Crippen LogP contribution in [-0.4, -0.2) is 33.7 Å². The highest BCUT2D eigenvalue weighted by Gasteiger charge is 2.36. The van der Waals surface area contributed by atoms with E-state index in [-0.39, 0.29) is 5.13 Å². The summed E-state index contributed by atoms with van der Waals surface area (Å²) in [5.74, 6) is -1.10. The third kappa shape index (κ3) is 2.43. The van der Waals surface area contributed by atoms with Gasteiger partial charge in [-0.15, -0.1) is 0 Å². The van der Waals surface area contributed by atoms with E-state index < -0.39 is 18.1 Å². The molecule has 4 nitrogen and oxygen atoms in total. The maximum atomic E-state index is 12.3. The lowest BCUT2D eigenvalue weighted by atomic mass is 10.1. The molecule has 1 aromatic heterocycles. The number of β-amino-alcohol motifs (C(OH)–C–C–N with tert-alkyl or cyclic N) is 1. The minimum Gasteiger partial charge on any atom is -0.391 e. The van der Waals surface area contributed by atoms with Crippen LogP contribution in [0.2, 0.25) is 0 Å². The van der Waals surface area contributed by atoms with Crippen LogP contribution in [0.1, 0.15) is 18.7 Å². The van der Waals surface area contributed by atoms with Gasteiger partial charge in [0, 0.05) is 24.6 Å². The molecule has 0 radical (unpaired) electrons. The molecule has 1 aromatic rings. The lowest BCUT2D eigenvalue weighted by molar-refractivity contribution is -0.144. The van der Waals surface area contributed by atoms with E-state index in [9.17, 15) is 18.3 Å². The molecule has 0 spiro atoms. The number of aliphatic hydroxyl groups excluding tert-OH is 1. The largest absolute Gasteiger partial charge is 0.452 e. The first kappa shape index (κ1) is 11.6. The molecule has 0 aliphatic carbocycles. The fraction of sp³-hybridized carbons (Fsp3) is 0.750. The van der Waals surface area contributed by atoms with Crippen molar-refractivity contribution in [3.63, 3.8) is 0 Å². The zero-order chi connectivity index (χ0) is 11.8. The molecular formula is C8H10F3N3OS. The van der Waals surface area contributed by atoms with E-state index in [2.05, 4.69) is 9.36 Å². The third-order valence-corrected chi connectivity index (χ3v) is 3.11. The average molecular weight is 253 g/mol. The molecule has 1 saturated heterocycles. The molecule has 16 heavy (non-hydrogen) atoms. The number of piperidine rings is 1. The van der Waals surface area contributed by atoms with Crippen molar-refractivity contribution in [2.24, 2.45) is 0 Å². The summed E-state index contributed by atoms with van der Waals surface area (Å²) in [6, 6.07) is 0. The van der Waals surface area contributed by atoms with Gasteiger partial charge in [-0.2, -0.15) is 22.5 Å². The van der Waals surface area contributed by atoms with Crippen molar-refractivity contribution in [3.8, 4) is 0 Å². The Morgan fingerprint density at radius 2 is 2.19 bits per heavy atom. The number of hydrogen-bond donors (Lipinski definition) is 1. The molecule has 0 bridgehead atoms. The van der Waals surface area contributed by atoms with Crippen molar-refractivity contribution in [1.29, 1.82) is 0 Å². The fourth-order valence-electron chi connectivity index (χ4n) is 1.59. The van der Waals surface area contributed by atoms with E-state index in [0.29, 0.717) is 19.5 Å². The highest BCUT2D eigenvalue weighted by atomic mass is 32.1. The smallest absolute Gasteiger partial charge is 0.391 e. The molecule has 1 N–H and O–H groups in total. The maximum Gasteiger partial charge on any atom is 0.452 e. The van der Waals surface area contributed by atoms with Crippen LogP contribution < -0.4 is 4.90 Å². The van der Waals surface area contributed by atoms with Crippen LogP contribution in [0.15, 0.2) is 0 Å². The van der Waals surface area contributed by atoms with Crippen LogP contribution >= 0.6 is 11.5 Å². The lowest BCUT2D eigenvalue weighted by Crippen LogP contribution is -2.38. The van der Waals surface area contributed by atoms with E-state index in [1.165, 1.54) is 0 Å². The van der Waals surface area contributed by atoms with Gasteiger partial charge in [0.05, 0.1) is 6.10 Å². The quantitative estimate of drug-likeness (QED) is 0.824. The third-order valence-electron chi connectivity index (χ3n) is 2.34. The van der Waals surface area contributed by atoms with Gasteiger partial charge in [-0.05, 0) is 12.8 Å². The van der Waals surface area contributed by atoms with Crippen LogP contribution in [0.3, 0.4) is 0 Å². The second-order valence-electron chi connectivity index (χ2n) is 3.64. The molecule has 1 unspecified atom stereocenters. The molecule has 1 atom stereocenters. The Labute approximate surface area is 93.9 Å². The van der Waals surface area contributed by atoms with Gasteiger partial charge >= 0.3 is 6.18 Å². The normalized spacial score (nSPS) is 22.5. The van der Waals surface area contributed by atoms with Crippen LogP contribution in [0, 0.1) is 0 Å². The Morgan fingerprint density at radius 3 is 2.75 bits per heavy atom. The van der Waals surface area contributed by atoms with Gasteiger partial charge in [0.2, 0.25) is 11.0 Å². The molecule has 2 rings (SSSR count). The number of aliphatic hydroxyl groups is 1. The maximum absolute atomic E-state index is 12.3. The second-order valence-corrected chi connectivity index (χ2v) is 4.37. The molecule has 0 aromatic carbocycles. The molecule has 2 heterocycles. The molecule has 1 aliphatic rings. The zero-order valence-electron chi connectivity index (χ0n) is 8.24. The first-order valence-corrected chi connectivity index (χ1v) is 5.58. The van der Waals surface area contributed by atoms with Gasteiger partial charge in [-0.1, -0.05) is 0 Å². The zero-order valence-corrected chi connectivity index (χ0v) is 9.05. The summed E-state index contributed by atoms with van der Waals surface area (Å²) in [4.78, 5) is 5.08. The van der Waals surface area contributed by atoms with Crippen LogP contribution in [-0.2, 0) is 6.18 Å². The Kier molecular flexibility index (Phi) is 3.02. The van der Waals surface area contributed by atoms with Gasteiger partial charge in [-0.25, -0.2) is 0 Å². The molecule has 0 amide bonds. The number of halogens is 3. The van der Waals surface area contributed by atoms with Crippen molar-refractivity contribution < 1.29 is 18.3 Å². The Hall–Kier alpha value is -0.890. The van der Waals surface area contributed by atoms with Crippen molar-refractivity contribution >= 4 is 16.7 Å². The molecule has 90 valence electrons. The van der Waals surface area contributed by atoms with Crippen molar-refractivity contribution in [3.05, 3.63) is 5.82 Å². The monoisotopic (exact) mass is 253 g/mol. The summed E-state index contributed by atoms with van der Waals surface area (Å²) in [6.45, 7) is 0.941. The van der Waals surface area contributed by atoms with E-state index in [1.807, 2.05) is 0 Å². The topological polar surface area (TPSA) is 49.2 Å². The molecule has 8 heteroatoms. The predicted molar refractivity (Wildman–Crippen MR) is 52.4 cm³/mol. The first-order valence-electron chi connectivity index (χ1n) is 4.81. The number of rotatable bonds is 1. The number of nitrogens with zero attached hydrogens (tertiary/aromatic N) is 3. The van der Waals surface area contributed by atoms with E-state index >= 15 is 0 Å². The summed E-state index contributed by atoms with van der Waals surface area (Å²) in [5.41, 5.74) is 0. The number of hydrogen-bond acceptors (Lipinski definition) is 5. The highest BCUT2D eigenvalue weighted by Crippen LogP contribution is 2.31. The van der Waals surface area contributed by atoms with E-state index in [1.54, 1.807) is 4.90 Å². The Bertz CT molecular complexity index is 368. The van der Waals surface area contributed by atoms with Crippen LogP contribution in [0.5, 0.6) is 0 Å².